The second kappa shape index (κ2) is 7.33. The van der Waals surface area contributed by atoms with E-state index in [0.717, 1.165) is 0 Å². The minimum atomic E-state index is -0.435. The van der Waals surface area contributed by atoms with Crippen molar-refractivity contribution in [3.05, 3.63) is 30.1 Å². The molecule has 2 N–H and O–H groups in total. The molecule has 1 amide bonds. The van der Waals surface area contributed by atoms with Crippen molar-refractivity contribution >= 4 is 29.2 Å². The van der Waals surface area contributed by atoms with E-state index >= 15 is 0 Å². The monoisotopic (exact) mass is 267 g/mol. The van der Waals surface area contributed by atoms with E-state index < -0.39 is 5.97 Å². The van der Waals surface area contributed by atoms with Gasteiger partial charge in [-0.25, -0.2) is 0 Å². The highest BCUT2D eigenvalue weighted by atomic mass is 32.1. The Hall–Kier alpha value is -2.02. The molecule has 0 saturated heterocycles. The SMILES string of the molecule is CCOC(=O)CNC(=S)NC(=O)c1cccnc1. The standard InChI is InChI=1S/C11H13N3O3S/c1-2-17-9(15)7-13-11(18)14-10(16)8-4-3-5-12-6-8/h3-6H,2,7H2,1H3,(H2,13,14,16,18). The van der Waals surface area contributed by atoms with Gasteiger partial charge in [-0.05, 0) is 31.3 Å². The van der Waals surface area contributed by atoms with Crippen LogP contribution in [0.2, 0.25) is 0 Å². The van der Waals surface area contributed by atoms with Crippen LogP contribution >= 0.6 is 12.2 Å². The lowest BCUT2D eigenvalue weighted by molar-refractivity contribution is -0.141. The lowest BCUT2D eigenvalue weighted by Gasteiger charge is -2.08. The van der Waals surface area contributed by atoms with Crippen LogP contribution in [-0.2, 0) is 9.53 Å². The van der Waals surface area contributed by atoms with E-state index in [-0.39, 0.29) is 17.6 Å². The van der Waals surface area contributed by atoms with Crippen LogP contribution in [-0.4, -0.2) is 35.1 Å². The molecule has 0 unspecified atom stereocenters. The van der Waals surface area contributed by atoms with Crippen molar-refractivity contribution in [3.63, 3.8) is 0 Å². The molecule has 7 heteroatoms. The van der Waals surface area contributed by atoms with Gasteiger partial charge >= 0.3 is 5.97 Å². The molecule has 18 heavy (non-hydrogen) atoms. The van der Waals surface area contributed by atoms with E-state index in [9.17, 15) is 9.59 Å². The highest BCUT2D eigenvalue weighted by Gasteiger charge is 2.08. The first kappa shape index (κ1) is 14.0. The average Bonchev–Trinajstić information content (AvgIpc) is 2.38. The third kappa shape index (κ3) is 4.88. The van der Waals surface area contributed by atoms with E-state index in [2.05, 4.69) is 15.6 Å². The van der Waals surface area contributed by atoms with Gasteiger partial charge in [0, 0.05) is 12.4 Å². The van der Waals surface area contributed by atoms with Crippen LogP contribution in [0.25, 0.3) is 0 Å². The molecule has 0 saturated carbocycles. The second-order valence-corrected chi connectivity index (χ2v) is 3.59. The quantitative estimate of drug-likeness (QED) is 0.601. The van der Waals surface area contributed by atoms with E-state index in [4.69, 9.17) is 17.0 Å². The number of pyridine rings is 1. The molecular formula is C11H13N3O3S. The molecule has 0 aromatic carbocycles. The van der Waals surface area contributed by atoms with Gasteiger partial charge < -0.3 is 10.1 Å². The van der Waals surface area contributed by atoms with Crippen molar-refractivity contribution in [1.82, 2.24) is 15.6 Å². The number of nitrogens with one attached hydrogen (secondary N) is 2. The van der Waals surface area contributed by atoms with Crippen LogP contribution in [0.3, 0.4) is 0 Å². The van der Waals surface area contributed by atoms with Crippen LogP contribution in [0.15, 0.2) is 24.5 Å². The van der Waals surface area contributed by atoms with E-state index in [1.807, 2.05) is 0 Å². The lowest BCUT2D eigenvalue weighted by atomic mass is 10.3. The second-order valence-electron chi connectivity index (χ2n) is 3.18. The average molecular weight is 267 g/mol. The first-order chi connectivity index (χ1) is 8.63. The maximum absolute atomic E-state index is 11.6. The van der Waals surface area contributed by atoms with Crippen LogP contribution in [0, 0.1) is 0 Å². The van der Waals surface area contributed by atoms with Crippen molar-refractivity contribution in [3.8, 4) is 0 Å². The number of ether oxygens (including phenoxy) is 1. The predicted octanol–water partition coefficient (Wildman–Crippen LogP) is 0.249. The Morgan fingerprint density at radius 2 is 2.28 bits per heavy atom. The van der Waals surface area contributed by atoms with Crippen molar-refractivity contribution < 1.29 is 14.3 Å². The predicted molar refractivity (Wildman–Crippen MR) is 68.9 cm³/mol. The van der Waals surface area contributed by atoms with Gasteiger partial charge in [0.15, 0.2) is 5.11 Å². The van der Waals surface area contributed by atoms with Gasteiger partial charge in [0.05, 0.1) is 12.2 Å². The minimum Gasteiger partial charge on any atom is -0.465 e. The zero-order valence-electron chi connectivity index (χ0n) is 9.80. The summed E-state index contributed by atoms with van der Waals surface area (Å²) in [6.07, 6.45) is 2.98. The van der Waals surface area contributed by atoms with E-state index in [1.165, 1.54) is 6.20 Å². The number of nitrogens with zero attached hydrogens (tertiary/aromatic N) is 1. The Morgan fingerprint density at radius 3 is 2.89 bits per heavy atom. The van der Waals surface area contributed by atoms with Crippen LogP contribution in [0.1, 0.15) is 17.3 Å². The Labute approximate surface area is 110 Å². The van der Waals surface area contributed by atoms with Crippen molar-refractivity contribution in [2.24, 2.45) is 0 Å². The normalized spacial score (nSPS) is 9.39. The number of esters is 1. The molecule has 0 spiro atoms. The summed E-state index contributed by atoms with van der Waals surface area (Å²) >= 11 is 4.86. The van der Waals surface area contributed by atoms with E-state index in [0.29, 0.717) is 12.2 Å². The number of rotatable bonds is 4. The molecule has 1 aromatic rings. The summed E-state index contributed by atoms with van der Waals surface area (Å²) in [5.41, 5.74) is 0.387. The Morgan fingerprint density at radius 1 is 1.50 bits per heavy atom. The van der Waals surface area contributed by atoms with E-state index in [1.54, 1.807) is 25.3 Å². The zero-order chi connectivity index (χ0) is 13.4. The molecule has 0 atom stereocenters. The highest BCUT2D eigenvalue weighted by molar-refractivity contribution is 7.80. The molecule has 0 radical (unpaired) electrons. The van der Waals surface area contributed by atoms with Crippen LogP contribution in [0.4, 0.5) is 0 Å². The largest absolute Gasteiger partial charge is 0.465 e. The molecule has 0 aliphatic heterocycles. The minimum absolute atomic E-state index is 0.0666. The summed E-state index contributed by atoms with van der Waals surface area (Å²) < 4.78 is 4.70. The summed E-state index contributed by atoms with van der Waals surface area (Å²) in [5, 5.41) is 5.07. The molecule has 1 heterocycles. The summed E-state index contributed by atoms with van der Waals surface area (Å²) in [4.78, 5) is 26.5. The highest BCUT2D eigenvalue weighted by Crippen LogP contribution is 1.94. The number of amides is 1. The summed E-state index contributed by atoms with van der Waals surface area (Å²) in [7, 11) is 0. The maximum Gasteiger partial charge on any atom is 0.325 e. The van der Waals surface area contributed by atoms with Gasteiger partial charge in [-0.3, -0.25) is 19.9 Å². The van der Waals surface area contributed by atoms with Crippen LogP contribution in [0.5, 0.6) is 0 Å². The third-order valence-corrected chi connectivity index (χ3v) is 2.10. The fraction of sp³-hybridized carbons (Fsp3) is 0.273. The molecule has 96 valence electrons. The molecule has 1 rings (SSSR count). The number of thiocarbonyl (C=S) groups is 1. The van der Waals surface area contributed by atoms with Gasteiger partial charge in [0.1, 0.15) is 6.54 Å². The van der Waals surface area contributed by atoms with Crippen molar-refractivity contribution in [2.45, 2.75) is 6.92 Å². The zero-order valence-corrected chi connectivity index (χ0v) is 10.6. The molecule has 0 aliphatic carbocycles. The Balaban J connectivity index is 2.37. The van der Waals surface area contributed by atoms with Crippen molar-refractivity contribution in [2.75, 3.05) is 13.2 Å². The molecular weight excluding hydrogens is 254 g/mol. The van der Waals surface area contributed by atoms with Gasteiger partial charge in [-0.2, -0.15) is 0 Å². The summed E-state index contributed by atoms with van der Waals surface area (Å²) in [6.45, 7) is 1.93. The number of hydrogen-bond acceptors (Lipinski definition) is 5. The lowest BCUT2D eigenvalue weighted by Crippen LogP contribution is -2.41. The van der Waals surface area contributed by atoms with Crippen LogP contribution < -0.4 is 10.6 Å². The Kier molecular flexibility index (Phi) is 5.72. The number of carbonyl (C=O) groups excluding carboxylic acids is 2. The fourth-order valence-electron chi connectivity index (χ4n) is 1.08. The molecule has 0 bridgehead atoms. The first-order valence-corrected chi connectivity index (χ1v) is 5.69. The Bertz CT molecular complexity index is 436. The molecule has 1 aromatic heterocycles. The smallest absolute Gasteiger partial charge is 0.325 e. The van der Waals surface area contributed by atoms with Gasteiger partial charge in [0.25, 0.3) is 5.91 Å². The molecule has 0 aliphatic rings. The first-order valence-electron chi connectivity index (χ1n) is 5.28. The maximum atomic E-state index is 11.6. The van der Waals surface area contributed by atoms with Gasteiger partial charge in [-0.1, -0.05) is 0 Å². The summed E-state index contributed by atoms with van der Waals surface area (Å²) in [6, 6.07) is 3.25. The topological polar surface area (TPSA) is 80.3 Å². The third-order valence-electron chi connectivity index (χ3n) is 1.85. The van der Waals surface area contributed by atoms with Gasteiger partial charge in [0.2, 0.25) is 0 Å². The number of aromatic nitrogens is 1. The summed E-state index contributed by atoms with van der Waals surface area (Å²) in [5.74, 6) is -0.820. The van der Waals surface area contributed by atoms with Gasteiger partial charge in [-0.15, -0.1) is 0 Å². The number of carbonyl (C=O) groups is 2. The van der Waals surface area contributed by atoms with Crippen molar-refractivity contribution in [1.29, 1.82) is 0 Å². The fourth-order valence-corrected chi connectivity index (χ4v) is 1.25. The molecule has 6 nitrogen and oxygen atoms in total. The molecule has 0 fully saturated rings. The number of hydrogen-bond donors (Lipinski definition) is 2.